The van der Waals surface area contributed by atoms with Crippen molar-refractivity contribution in [3.8, 4) is 5.75 Å². The van der Waals surface area contributed by atoms with Crippen LogP contribution in [0.15, 0.2) is 60.9 Å². The number of nitrogens with zero attached hydrogens (tertiary/aromatic N) is 4. The van der Waals surface area contributed by atoms with Gasteiger partial charge < -0.3 is 30.6 Å². The van der Waals surface area contributed by atoms with Crippen LogP contribution >= 0.6 is 0 Å². The number of carbonyl (C=O) groups excluding carboxylic acids is 1. The summed E-state index contributed by atoms with van der Waals surface area (Å²) in [6.07, 6.45) is 3.19. The largest absolute Gasteiger partial charge is 0.491 e. The highest BCUT2D eigenvalue weighted by Crippen LogP contribution is 2.21. The first-order valence-electron chi connectivity index (χ1n) is 11.0. The van der Waals surface area contributed by atoms with E-state index in [2.05, 4.69) is 20.7 Å². The van der Waals surface area contributed by atoms with Gasteiger partial charge in [-0.2, -0.15) is 4.68 Å². The van der Waals surface area contributed by atoms with Crippen LogP contribution in [0.25, 0.3) is 0 Å². The predicted molar refractivity (Wildman–Crippen MR) is 123 cm³/mol. The van der Waals surface area contributed by atoms with Crippen LogP contribution in [-0.2, 0) is 17.8 Å². The van der Waals surface area contributed by atoms with E-state index in [4.69, 9.17) is 4.74 Å². The number of anilines is 1. The molecule has 3 atom stereocenters. The van der Waals surface area contributed by atoms with E-state index in [9.17, 15) is 20.0 Å². The monoisotopic (exact) mass is 466 g/mol. The summed E-state index contributed by atoms with van der Waals surface area (Å²) in [4.78, 5) is 25.6. The third-order valence-corrected chi connectivity index (χ3v) is 5.62. The highest BCUT2D eigenvalue weighted by molar-refractivity contribution is 5.90. The Labute approximate surface area is 195 Å². The standard InChI is InChI=1S/C23H26N6O5/c30-21(14-34-19-4-2-1-3-5-19)20-11-10-18(25-20)12-16-6-8-17(9-7-16)26-22(31)13-28-15-24-23(27-28)29(32)33/h1-9,15,18,20-21,25,30H,10-14H2,(H,26,31)/t18-,20+,21+/m0/s1. The zero-order chi connectivity index (χ0) is 23.9. The van der Waals surface area contributed by atoms with Gasteiger partial charge in [-0.15, -0.1) is 0 Å². The van der Waals surface area contributed by atoms with Gasteiger partial charge in [0.2, 0.25) is 12.2 Å². The number of rotatable bonds is 10. The topological polar surface area (TPSA) is 144 Å². The van der Waals surface area contributed by atoms with E-state index in [-0.39, 0.29) is 31.1 Å². The Bertz CT molecular complexity index is 1100. The summed E-state index contributed by atoms with van der Waals surface area (Å²) in [5.74, 6) is -0.165. The minimum absolute atomic E-state index is 0.0140. The number of carbonyl (C=O) groups is 1. The molecule has 2 aromatic carbocycles. The van der Waals surface area contributed by atoms with Crippen molar-refractivity contribution >= 4 is 17.5 Å². The second-order valence-electron chi connectivity index (χ2n) is 8.19. The van der Waals surface area contributed by atoms with Crippen LogP contribution in [0.4, 0.5) is 11.6 Å². The second kappa shape index (κ2) is 10.9. The molecule has 3 N–H and O–H groups in total. The number of aliphatic hydroxyl groups excluding tert-OH is 1. The first-order valence-corrected chi connectivity index (χ1v) is 11.0. The van der Waals surface area contributed by atoms with Crippen LogP contribution < -0.4 is 15.4 Å². The van der Waals surface area contributed by atoms with Gasteiger partial charge in [0.05, 0.1) is 0 Å². The predicted octanol–water partition coefficient (Wildman–Crippen LogP) is 1.93. The molecule has 1 aliphatic rings. The minimum atomic E-state index is -0.715. The Morgan fingerprint density at radius 2 is 2.00 bits per heavy atom. The van der Waals surface area contributed by atoms with Crippen molar-refractivity contribution in [2.75, 3.05) is 11.9 Å². The lowest BCUT2D eigenvalue weighted by Gasteiger charge is -2.20. The zero-order valence-corrected chi connectivity index (χ0v) is 18.4. The van der Waals surface area contributed by atoms with Crippen molar-refractivity contribution in [1.82, 2.24) is 20.1 Å². The third-order valence-electron chi connectivity index (χ3n) is 5.62. The molecule has 0 saturated carbocycles. The molecule has 2 heterocycles. The molecule has 0 unspecified atom stereocenters. The Hall–Kier alpha value is -3.83. The molecule has 0 bridgehead atoms. The van der Waals surface area contributed by atoms with Crippen LogP contribution in [0.5, 0.6) is 5.75 Å². The maximum atomic E-state index is 12.2. The molecule has 178 valence electrons. The zero-order valence-electron chi connectivity index (χ0n) is 18.4. The molecule has 0 aliphatic carbocycles. The van der Waals surface area contributed by atoms with E-state index in [0.717, 1.165) is 41.6 Å². The molecule has 1 aromatic heterocycles. The Morgan fingerprint density at radius 3 is 2.71 bits per heavy atom. The van der Waals surface area contributed by atoms with Gasteiger partial charge >= 0.3 is 5.95 Å². The van der Waals surface area contributed by atoms with Crippen molar-refractivity contribution in [1.29, 1.82) is 0 Å². The van der Waals surface area contributed by atoms with Crippen LogP contribution in [0.3, 0.4) is 0 Å². The molecule has 1 saturated heterocycles. The summed E-state index contributed by atoms with van der Waals surface area (Å²) in [7, 11) is 0. The number of hydrogen-bond donors (Lipinski definition) is 3. The van der Waals surface area contributed by atoms with E-state index in [1.54, 1.807) is 0 Å². The summed E-state index contributed by atoms with van der Waals surface area (Å²) >= 11 is 0. The second-order valence-corrected chi connectivity index (χ2v) is 8.19. The van der Waals surface area contributed by atoms with Gasteiger partial charge in [-0.3, -0.25) is 4.79 Å². The number of aromatic nitrogens is 3. The first-order chi connectivity index (χ1) is 16.5. The Balaban J connectivity index is 1.21. The van der Waals surface area contributed by atoms with E-state index >= 15 is 0 Å². The fourth-order valence-corrected chi connectivity index (χ4v) is 3.93. The van der Waals surface area contributed by atoms with Gasteiger partial charge in [0.15, 0.2) is 0 Å². The lowest BCUT2D eigenvalue weighted by Crippen LogP contribution is -2.42. The van der Waals surface area contributed by atoms with Gasteiger partial charge in [0, 0.05) is 22.9 Å². The van der Waals surface area contributed by atoms with Crippen molar-refractivity contribution in [3.63, 3.8) is 0 Å². The highest BCUT2D eigenvalue weighted by Gasteiger charge is 2.29. The molecule has 1 fully saturated rings. The number of benzene rings is 2. The quantitative estimate of drug-likeness (QED) is 0.304. The summed E-state index contributed by atoms with van der Waals surface area (Å²) in [6.45, 7) is 0.0665. The van der Waals surface area contributed by atoms with Gasteiger partial charge in [-0.1, -0.05) is 35.3 Å². The lowest BCUT2D eigenvalue weighted by molar-refractivity contribution is -0.394. The van der Waals surface area contributed by atoms with Gasteiger partial charge in [0.25, 0.3) is 0 Å². The summed E-state index contributed by atoms with van der Waals surface area (Å²) < 4.78 is 6.78. The average Bonchev–Trinajstić information content (AvgIpc) is 3.49. The van der Waals surface area contributed by atoms with E-state index in [1.807, 2.05) is 54.6 Å². The van der Waals surface area contributed by atoms with Gasteiger partial charge in [0.1, 0.15) is 25.0 Å². The molecule has 1 aliphatic heterocycles. The molecule has 11 heteroatoms. The van der Waals surface area contributed by atoms with Crippen LogP contribution in [0.2, 0.25) is 0 Å². The fourth-order valence-electron chi connectivity index (χ4n) is 3.93. The average molecular weight is 466 g/mol. The molecular formula is C23H26N6O5. The summed E-state index contributed by atoms with van der Waals surface area (Å²) in [5, 5.41) is 31.0. The first kappa shape index (κ1) is 23.3. The van der Waals surface area contributed by atoms with Crippen LogP contribution in [-0.4, -0.2) is 55.5 Å². The number of nitrogens with one attached hydrogen (secondary N) is 2. The van der Waals surface area contributed by atoms with Crippen LogP contribution in [0.1, 0.15) is 18.4 Å². The Kier molecular flexibility index (Phi) is 7.45. The minimum Gasteiger partial charge on any atom is -0.491 e. The third kappa shape index (κ3) is 6.36. The maximum Gasteiger partial charge on any atom is 0.490 e. The van der Waals surface area contributed by atoms with Gasteiger partial charge in [-0.05, 0) is 54.0 Å². The molecule has 1 amide bonds. The van der Waals surface area contributed by atoms with E-state index < -0.39 is 17.0 Å². The maximum absolute atomic E-state index is 12.2. The molecule has 34 heavy (non-hydrogen) atoms. The summed E-state index contributed by atoms with van der Waals surface area (Å²) in [5.41, 5.74) is 1.73. The molecular weight excluding hydrogens is 440 g/mol. The van der Waals surface area contributed by atoms with Crippen molar-refractivity contribution < 1.29 is 19.6 Å². The van der Waals surface area contributed by atoms with E-state index in [1.165, 1.54) is 0 Å². The Morgan fingerprint density at radius 1 is 1.24 bits per heavy atom. The fraction of sp³-hybridized carbons (Fsp3) is 0.348. The number of para-hydroxylation sites is 1. The van der Waals surface area contributed by atoms with Crippen molar-refractivity contribution in [2.45, 2.75) is 44.0 Å². The molecule has 0 spiro atoms. The molecule has 11 nitrogen and oxygen atoms in total. The van der Waals surface area contributed by atoms with E-state index in [0.29, 0.717) is 5.69 Å². The highest BCUT2D eigenvalue weighted by atomic mass is 16.6. The number of ether oxygens (including phenoxy) is 1. The number of amides is 1. The number of aliphatic hydroxyl groups is 1. The normalized spacial score (nSPS) is 18.4. The molecule has 3 aromatic rings. The number of nitro groups is 1. The van der Waals surface area contributed by atoms with Crippen molar-refractivity contribution in [2.24, 2.45) is 0 Å². The SMILES string of the molecule is O=C(Cn1cnc([N+](=O)[O-])n1)Nc1ccc(C[C@@H]2CC[C@H]([C@H](O)COc3ccccc3)N2)cc1. The molecule has 4 rings (SSSR count). The lowest BCUT2D eigenvalue weighted by atomic mass is 10.0. The van der Waals surface area contributed by atoms with Crippen LogP contribution in [0, 0.1) is 10.1 Å². The smallest absolute Gasteiger partial charge is 0.490 e. The molecule has 0 radical (unpaired) electrons. The van der Waals surface area contributed by atoms with Gasteiger partial charge in [-0.25, -0.2) is 0 Å². The summed E-state index contributed by atoms with van der Waals surface area (Å²) in [6, 6.07) is 17.2. The van der Waals surface area contributed by atoms with Crippen molar-refractivity contribution in [3.05, 3.63) is 76.6 Å². The number of hydrogen-bond acceptors (Lipinski definition) is 8.